The van der Waals surface area contributed by atoms with E-state index in [1.165, 1.54) is 6.07 Å². The number of para-hydroxylation sites is 3. The molecule has 136 valence electrons. The number of aromatic nitrogens is 1. The number of ether oxygens (including phenoxy) is 1. The molecule has 4 aromatic rings. The zero-order chi connectivity index (χ0) is 18.8. The lowest BCUT2D eigenvalue weighted by Gasteiger charge is -2.23. The van der Waals surface area contributed by atoms with Gasteiger partial charge in [0.15, 0.2) is 0 Å². The van der Waals surface area contributed by atoms with Crippen molar-refractivity contribution >= 4 is 16.6 Å². The number of hydrogen-bond donors (Lipinski definition) is 2. The lowest BCUT2D eigenvalue weighted by Crippen LogP contribution is -2.15. The van der Waals surface area contributed by atoms with Gasteiger partial charge in [-0.05, 0) is 31.2 Å². The first-order valence-corrected chi connectivity index (χ1v) is 8.90. The number of halogens is 1. The topological polar surface area (TPSA) is 37.0 Å². The highest BCUT2D eigenvalue weighted by molar-refractivity contribution is 5.86. The molecule has 0 saturated heterocycles. The number of nitrogens with one attached hydrogen (secondary N) is 2. The van der Waals surface area contributed by atoms with Gasteiger partial charge in [-0.2, -0.15) is 0 Å². The highest BCUT2D eigenvalue weighted by Crippen LogP contribution is 2.38. The Morgan fingerprint density at radius 3 is 2.44 bits per heavy atom. The minimum absolute atomic E-state index is 0.269. The van der Waals surface area contributed by atoms with E-state index in [-0.39, 0.29) is 11.9 Å². The average molecular weight is 360 g/mol. The molecule has 1 aromatic heterocycles. The van der Waals surface area contributed by atoms with Crippen molar-refractivity contribution in [2.45, 2.75) is 13.0 Å². The second-order valence-corrected chi connectivity index (χ2v) is 6.51. The minimum Gasteiger partial charge on any atom is -0.496 e. The lowest BCUT2D eigenvalue weighted by atomic mass is 9.95. The number of anilines is 1. The van der Waals surface area contributed by atoms with Crippen LogP contribution in [0.1, 0.15) is 22.9 Å². The van der Waals surface area contributed by atoms with Gasteiger partial charge in [0.2, 0.25) is 0 Å². The molecule has 0 spiro atoms. The Morgan fingerprint density at radius 2 is 1.63 bits per heavy atom. The molecular formula is C23H21FN2O. The van der Waals surface area contributed by atoms with Gasteiger partial charge in [-0.25, -0.2) is 4.39 Å². The van der Waals surface area contributed by atoms with Crippen molar-refractivity contribution in [1.29, 1.82) is 0 Å². The fourth-order valence-electron chi connectivity index (χ4n) is 3.61. The minimum atomic E-state index is -0.283. The van der Waals surface area contributed by atoms with Gasteiger partial charge in [0.1, 0.15) is 11.6 Å². The van der Waals surface area contributed by atoms with Crippen molar-refractivity contribution in [2.75, 3.05) is 12.4 Å². The van der Waals surface area contributed by atoms with Crippen LogP contribution in [-0.2, 0) is 0 Å². The summed E-state index contributed by atoms with van der Waals surface area (Å²) in [5.74, 6) is 0.478. The van der Waals surface area contributed by atoms with Gasteiger partial charge in [-0.1, -0.05) is 48.5 Å². The normalized spacial score (nSPS) is 12.1. The van der Waals surface area contributed by atoms with Gasteiger partial charge in [0, 0.05) is 27.7 Å². The van der Waals surface area contributed by atoms with Crippen LogP contribution in [-0.4, -0.2) is 12.1 Å². The molecule has 4 heteroatoms. The van der Waals surface area contributed by atoms with E-state index in [2.05, 4.69) is 16.4 Å². The number of benzene rings is 3. The van der Waals surface area contributed by atoms with Crippen LogP contribution in [0, 0.1) is 12.7 Å². The summed E-state index contributed by atoms with van der Waals surface area (Å²) in [6, 6.07) is 22.5. The van der Waals surface area contributed by atoms with Gasteiger partial charge >= 0.3 is 0 Å². The van der Waals surface area contributed by atoms with Crippen molar-refractivity contribution in [3.63, 3.8) is 0 Å². The first kappa shape index (κ1) is 17.2. The Hall–Kier alpha value is -3.27. The summed E-state index contributed by atoms with van der Waals surface area (Å²) in [5, 5.41) is 4.50. The molecule has 0 unspecified atom stereocenters. The van der Waals surface area contributed by atoms with Crippen molar-refractivity contribution in [2.24, 2.45) is 0 Å². The quantitative estimate of drug-likeness (QED) is 0.470. The Bertz CT molecular complexity index is 1090. The van der Waals surface area contributed by atoms with Gasteiger partial charge in [0.05, 0.1) is 18.8 Å². The molecule has 3 aromatic carbocycles. The third-order valence-electron chi connectivity index (χ3n) is 4.86. The van der Waals surface area contributed by atoms with E-state index < -0.39 is 0 Å². The highest BCUT2D eigenvalue weighted by Gasteiger charge is 2.24. The van der Waals surface area contributed by atoms with E-state index in [0.29, 0.717) is 5.69 Å². The summed E-state index contributed by atoms with van der Waals surface area (Å²) in [6.07, 6.45) is 0. The summed E-state index contributed by atoms with van der Waals surface area (Å²) in [7, 11) is 1.65. The molecule has 2 N–H and O–H groups in total. The predicted octanol–water partition coefficient (Wildman–Crippen LogP) is 5.83. The molecule has 0 saturated carbocycles. The number of hydrogen-bond acceptors (Lipinski definition) is 2. The number of aryl methyl sites for hydroxylation is 1. The number of H-pyrrole nitrogens is 1. The molecule has 0 bridgehead atoms. The van der Waals surface area contributed by atoms with Crippen LogP contribution in [0.5, 0.6) is 5.75 Å². The monoisotopic (exact) mass is 360 g/mol. The maximum atomic E-state index is 14.4. The molecule has 0 amide bonds. The van der Waals surface area contributed by atoms with Crippen molar-refractivity contribution in [3.05, 3.63) is 95.4 Å². The van der Waals surface area contributed by atoms with Gasteiger partial charge < -0.3 is 15.0 Å². The van der Waals surface area contributed by atoms with E-state index in [1.807, 2.05) is 55.5 Å². The van der Waals surface area contributed by atoms with Crippen LogP contribution in [0.25, 0.3) is 10.9 Å². The highest BCUT2D eigenvalue weighted by atomic mass is 19.1. The maximum Gasteiger partial charge on any atom is 0.146 e. The van der Waals surface area contributed by atoms with Crippen molar-refractivity contribution in [3.8, 4) is 5.75 Å². The SMILES string of the molecule is COc1ccccc1[C@@H](Nc1ccccc1F)c1c(C)[nH]c2ccccc12. The maximum absolute atomic E-state index is 14.4. The fourth-order valence-corrected chi connectivity index (χ4v) is 3.61. The van der Waals surface area contributed by atoms with Gasteiger partial charge in [-0.3, -0.25) is 0 Å². The summed E-state index contributed by atoms with van der Waals surface area (Å²) >= 11 is 0. The van der Waals surface area contributed by atoms with Gasteiger partial charge in [0.25, 0.3) is 0 Å². The third-order valence-corrected chi connectivity index (χ3v) is 4.86. The third kappa shape index (κ3) is 3.14. The van der Waals surface area contributed by atoms with E-state index in [4.69, 9.17) is 4.74 Å². The van der Waals surface area contributed by atoms with Crippen LogP contribution in [0.4, 0.5) is 10.1 Å². The molecule has 0 fully saturated rings. The summed E-state index contributed by atoms with van der Waals surface area (Å²) in [4.78, 5) is 3.44. The average Bonchev–Trinajstić information content (AvgIpc) is 3.03. The van der Waals surface area contributed by atoms with Crippen LogP contribution in [0.15, 0.2) is 72.8 Å². The van der Waals surface area contributed by atoms with E-state index in [1.54, 1.807) is 19.2 Å². The Morgan fingerprint density at radius 1 is 0.926 bits per heavy atom. The first-order valence-electron chi connectivity index (χ1n) is 8.90. The lowest BCUT2D eigenvalue weighted by molar-refractivity contribution is 0.408. The number of aromatic amines is 1. The Balaban J connectivity index is 1.93. The van der Waals surface area contributed by atoms with E-state index >= 15 is 0 Å². The molecule has 0 aliphatic heterocycles. The van der Waals surface area contributed by atoms with Gasteiger partial charge in [-0.15, -0.1) is 0 Å². The molecular weight excluding hydrogens is 339 g/mol. The van der Waals surface area contributed by atoms with Crippen LogP contribution in [0.2, 0.25) is 0 Å². The number of methoxy groups -OCH3 is 1. The Kier molecular flexibility index (Phi) is 4.55. The predicted molar refractivity (Wildman–Crippen MR) is 108 cm³/mol. The summed E-state index contributed by atoms with van der Waals surface area (Å²) < 4.78 is 20.0. The van der Waals surface area contributed by atoms with E-state index in [9.17, 15) is 4.39 Å². The van der Waals surface area contributed by atoms with E-state index in [0.717, 1.165) is 33.5 Å². The molecule has 1 atom stereocenters. The van der Waals surface area contributed by atoms with Crippen LogP contribution >= 0.6 is 0 Å². The number of fused-ring (bicyclic) bond motifs is 1. The summed E-state index contributed by atoms with van der Waals surface area (Å²) in [5.41, 5.74) is 4.59. The standard InChI is InChI=1S/C23H21FN2O/c1-15-22(16-9-3-6-12-19(16)25-15)23(17-10-4-8-14-21(17)27-2)26-20-13-7-5-11-18(20)24/h3-14,23,25-26H,1-2H3/t23-/m1/s1. The molecule has 0 aliphatic carbocycles. The second-order valence-electron chi connectivity index (χ2n) is 6.51. The smallest absolute Gasteiger partial charge is 0.146 e. The van der Waals surface area contributed by atoms with Crippen LogP contribution in [0.3, 0.4) is 0 Å². The molecule has 1 heterocycles. The Labute approximate surface area is 157 Å². The number of rotatable bonds is 5. The fraction of sp³-hybridized carbons (Fsp3) is 0.130. The zero-order valence-corrected chi connectivity index (χ0v) is 15.3. The molecule has 0 aliphatic rings. The summed E-state index contributed by atoms with van der Waals surface area (Å²) in [6.45, 7) is 2.04. The second kappa shape index (κ2) is 7.16. The molecule has 0 radical (unpaired) electrons. The molecule has 27 heavy (non-hydrogen) atoms. The molecule has 3 nitrogen and oxygen atoms in total. The van der Waals surface area contributed by atoms with Crippen LogP contribution < -0.4 is 10.1 Å². The van der Waals surface area contributed by atoms with Crippen molar-refractivity contribution in [1.82, 2.24) is 4.98 Å². The largest absolute Gasteiger partial charge is 0.496 e. The molecule has 4 rings (SSSR count). The van der Waals surface area contributed by atoms with Crippen molar-refractivity contribution < 1.29 is 9.13 Å². The first-order chi connectivity index (χ1) is 13.2. The zero-order valence-electron chi connectivity index (χ0n) is 15.3.